The van der Waals surface area contributed by atoms with Crippen LogP contribution in [0.4, 0.5) is 0 Å². The summed E-state index contributed by atoms with van der Waals surface area (Å²) in [6.07, 6.45) is 2.00. The first kappa shape index (κ1) is 29.9. The molecule has 0 aromatic heterocycles. The Balaban J connectivity index is -0.0000000320. The van der Waals surface area contributed by atoms with Crippen LogP contribution in [0.5, 0.6) is 0 Å². The van der Waals surface area contributed by atoms with Crippen LogP contribution in [-0.4, -0.2) is 0 Å². The molecule has 0 aliphatic carbocycles. The van der Waals surface area contributed by atoms with Gasteiger partial charge in [0.15, 0.2) is 0 Å². The molecular weight excluding hydrogens is 387 g/mol. The van der Waals surface area contributed by atoms with Gasteiger partial charge < -0.3 is 20.3 Å². The third-order valence-electron chi connectivity index (χ3n) is 1.39. The third kappa shape index (κ3) is 31.3. The molecular formula is C10H21Y3. The molecule has 0 N–H and O–H groups in total. The number of rotatable bonds is 1. The van der Waals surface area contributed by atoms with Crippen molar-refractivity contribution in [1.82, 2.24) is 0 Å². The molecule has 2 radical (unpaired) electrons. The molecule has 0 amide bonds. The van der Waals surface area contributed by atoms with Gasteiger partial charge in [0.2, 0.25) is 0 Å². The fourth-order valence-corrected chi connectivity index (χ4v) is 0. The summed E-state index contributed by atoms with van der Waals surface area (Å²) in [6.45, 7) is 18.0. The third-order valence-corrected chi connectivity index (χ3v) is 1.39. The van der Waals surface area contributed by atoms with Crippen LogP contribution in [0.3, 0.4) is 0 Å². The van der Waals surface area contributed by atoms with E-state index in [0.29, 0.717) is 5.92 Å². The Labute approximate surface area is 161 Å². The van der Waals surface area contributed by atoms with E-state index in [1.807, 2.05) is 27.2 Å². The summed E-state index contributed by atoms with van der Waals surface area (Å²) in [4.78, 5) is 0. The SMILES string of the molecule is C[CH-]C.[CH2-]C([CH2-])(C)C(C)C.[Y+3].[Y].[Y]. The van der Waals surface area contributed by atoms with Crippen LogP contribution in [0.1, 0.15) is 34.6 Å². The molecule has 70 valence electrons. The fourth-order valence-electron chi connectivity index (χ4n) is 0. The quantitative estimate of drug-likeness (QED) is 0.583. The maximum atomic E-state index is 3.86. The zero-order valence-electron chi connectivity index (χ0n) is 9.80. The Morgan fingerprint density at radius 3 is 1.15 bits per heavy atom. The smallest absolute Gasteiger partial charge is 0.367 e. The Morgan fingerprint density at radius 2 is 1.15 bits per heavy atom. The second-order valence-electron chi connectivity index (χ2n) is 3.39. The van der Waals surface area contributed by atoms with Crippen molar-refractivity contribution in [1.29, 1.82) is 0 Å². The maximum Gasteiger partial charge on any atom is 3.00 e. The minimum atomic E-state index is 0. The van der Waals surface area contributed by atoms with Gasteiger partial charge in [-0.05, 0) is 0 Å². The summed E-state index contributed by atoms with van der Waals surface area (Å²) in [5.74, 6) is 0.576. The van der Waals surface area contributed by atoms with E-state index in [2.05, 4.69) is 27.7 Å². The molecule has 0 rings (SSSR count). The second kappa shape index (κ2) is 17.7. The molecule has 0 spiro atoms. The van der Waals surface area contributed by atoms with Crippen molar-refractivity contribution in [3.05, 3.63) is 20.3 Å². The molecule has 0 fully saturated rings. The van der Waals surface area contributed by atoms with Crippen molar-refractivity contribution in [2.24, 2.45) is 11.3 Å². The minimum absolute atomic E-state index is 0. The van der Waals surface area contributed by atoms with Gasteiger partial charge in [-0.15, -0.1) is 6.92 Å². The Bertz CT molecular complexity index is 65.1. The first-order chi connectivity index (χ1) is 4.36. The number of hydrogen-bond acceptors (Lipinski definition) is 0. The van der Waals surface area contributed by atoms with Crippen molar-refractivity contribution in [3.8, 4) is 0 Å². The maximum absolute atomic E-state index is 3.86. The van der Waals surface area contributed by atoms with Gasteiger partial charge in [0.05, 0.1) is 0 Å². The molecule has 0 saturated heterocycles. The van der Waals surface area contributed by atoms with Gasteiger partial charge in [0, 0.05) is 65.4 Å². The van der Waals surface area contributed by atoms with Crippen molar-refractivity contribution >= 4 is 0 Å². The molecule has 0 aliphatic heterocycles. The van der Waals surface area contributed by atoms with Crippen molar-refractivity contribution in [2.45, 2.75) is 34.6 Å². The van der Waals surface area contributed by atoms with E-state index in [1.54, 1.807) is 0 Å². The Morgan fingerprint density at radius 1 is 1.08 bits per heavy atom. The van der Waals surface area contributed by atoms with Gasteiger partial charge in [-0.1, -0.05) is 19.8 Å². The van der Waals surface area contributed by atoms with E-state index in [1.165, 1.54) is 0 Å². The van der Waals surface area contributed by atoms with Crippen LogP contribution in [-0.2, 0) is 98.1 Å². The first-order valence-corrected chi connectivity index (χ1v) is 3.81. The molecule has 0 atom stereocenters. The molecule has 0 aromatic rings. The normalized spacial score (nSPS) is 8.31. The van der Waals surface area contributed by atoms with E-state index in [0.717, 1.165) is 0 Å². The van der Waals surface area contributed by atoms with Crippen LogP contribution >= 0.6 is 0 Å². The van der Waals surface area contributed by atoms with E-state index >= 15 is 0 Å². The van der Waals surface area contributed by atoms with E-state index in [-0.39, 0.29) is 104 Å². The molecule has 3 heteroatoms. The first-order valence-electron chi connectivity index (χ1n) is 3.81. The minimum Gasteiger partial charge on any atom is -0.367 e. The van der Waals surface area contributed by atoms with Crippen LogP contribution in [0.15, 0.2) is 0 Å². The summed E-state index contributed by atoms with van der Waals surface area (Å²) in [5, 5.41) is 0. The molecule has 0 saturated carbocycles. The summed E-state index contributed by atoms with van der Waals surface area (Å²) < 4.78 is 0. The molecule has 0 unspecified atom stereocenters. The van der Waals surface area contributed by atoms with Crippen LogP contribution in [0, 0.1) is 31.6 Å². The van der Waals surface area contributed by atoms with E-state index in [9.17, 15) is 0 Å². The van der Waals surface area contributed by atoms with Crippen LogP contribution in [0.2, 0.25) is 0 Å². The average molecular weight is 408 g/mol. The van der Waals surface area contributed by atoms with Crippen LogP contribution < -0.4 is 0 Å². The van der Waals surface area contributed by atoms with Gasteiger partial charge in [0.25, 0.3) is 0 Å². The predicted molar refractivity (Wildman–Crippen MR) is 49.3 cm³/mol. The molecule has 0 bridgehead atoms. The largest absolute Gasteiger partial charge is 3.00 e. The van der Waals surface area contributed by atoms with Gasteiger partial charge in [0.1, 0.15) is 0 Å². The van der Waals surface area contributed by atoms with Crippen molar-refractivity contribution in [2.75, 3.05) is 0 Å². The number of hydrogen-bond donors (Lipinski definition) is 0. The molecule has 0 aromatic carbocycles. The summed E-state index contributed by atoms with van der Waals surface area (Å²) in [5.41, 5.74) is 0.000000000000000222. The van der Waals surface area contributed by atoms with Gasteiger partial charge in [-0.2, -0.15) is 13.8 Å². The van der Waals surface area contributed by atoms with Gasteiger partial charge >= 0.3 is 32.7 Å². The van der Waals surface area contributed by atoms with Crippen molar-refractivity contribution < 1.29 is 98.1 Å². The molecule has 0 aliphatic rings. The Hall–Kier alpha value is 3.31. The zero-order valence-corrected chi connectivity index (χ0v) is 18.3. The molecule has 13 heavy (non-hydrogen) atoms. The van der Waals surface area contributed by atoms with E-state index < -0.39 is 0 Å². The Kier molecular flexibility index (Phi) is 40.7. The standard InChI is InChI=1S/C7H14.C3H7.3Y/c1-6(2)7(3,4)5;1-3-2;;;/h6H,3-4H2,1-2,5H3;3H,1-2H3;;;/q-2;-1;;;+3. The average Bonchev–Trinajstić information content (AvgIpc) is 1.64. The molecule has 0 nitrogen and oxygen atoms in total. The predicted octanol–water partition coefficient (Wildman–Crippen LogP) is 3.54. The van der Waals surface area contributed by atoms with Gasteiger partial charge in [-0.25, -0.2) is 0 Å². The summed E-state index contributed by atoms with van der Waals surface area (Å²) >= 11 is 0. The monoisotopic (exact) mass is 408 g/mol. The fraction of sp³-hybridized carbons (Fsp3) is 0.700. The second-order valence-corrected chi connectivity index (χ2v) is 3.39. The van der Waals surface area contributed by atoms with E-state index in [4.69, 9.17) is 0 Å². The summed E-state index contributed by atoms with van der Waals surface area (Å²) in [7, 11) is 0. The van der Waals surface area contributed by atoms with Gasteiger partial charge in [-0.3, -0.25) is 5.41 Å². The van der Waals surface area contributed by atoms with Crippen molar-refractivity contribution in [3.63, 3.8) is 0 Å². The summed E-state index contributed by atoms with van der Waals surface area (Å²) in [6, 6.07) is 0. The topological polar surface area (TPSA) is 0 Å². The molecule has 0 heterocycles. The van der Waals surface area contributed by atoms with Crippen LogP contribution in [0.25, 0.3) is 0 Å². The zero-order chi connectivity index (χ0) is 8.78.